The molecule has 2 rings (SSSR count). The van der Waals surface area contributed by atoms with Crippen LogP contribution in [-0.2, 0) is 7.05 Å². The maximum absolute atomic E-state index is 12.1. The van der Waals surface area contributed by atoms with Crippen LogP contribution in [0.1, 0.15) is 16.1 Å². The number of hydrogen-bond donors (Lipinski definition) is 1. The van der Waals surface area contributed by atoms with E-state index >= 15 is 0 Å². The summed E-state index contributed by atoms with van der Waals surface area (Å²) in [5.74, 6) is 0.347. The molecule has 0 aliphatic carbocycles. The number of nitrogens with one attached hydrogen (secondary N) is 1. The van der Waals surface area contributed by atoms with Gasteiger partial charge in [0.25, 0.3) is 5.91 Å². The van der Waals surface area contributed by atoms with Crippen molar-refractivity contribution in [1.82, 2.24) is 9.78 Å². The van der Waals surface area contributed by atoms with Crippen molar-refractivity contribution >= 4 is 11.6 Å². The quantitative estimate of drug-likeness (QED) is 0.899. The molecular weight excluding hydrogens is 230 g/mol. The van der Waals surface area contributed by atoms with Crippen molar-refractivity contribution in [2.75, 3.05) is 12.4 Å². The van der Waals surface area contributed by atoms with E-state index in [1.807, 2.05) is 20.0 Å². The predicted molar refractivity (Wildman–Crippen MR) is 68.9 cm³/mol. The molecule has 0 aliphatic heterocycles. The van der Waals surface area contributed by atoms with Crippen LogP contribution in [0.5, 0.6) is 5.75 Å². The van der Waals surface area contributed by atoms with Crippen molar-refractivity contribution in [3.8, 4) is 5.75 Å². The number of aryl methyl sites for hydroxylation is 1. The molecule has 18 heavy (non-hydrogen) atoms. The highest BCUT2D eigenvalue weighted by atomic mass is 16.5. The Bertz CT molecular complexity index is 575. The molecule has 1 N–H and O–H groups in total. The molecule has 1 aromatic heterocycles. The Labute approximate surface area is 105 Å². The van der Waals surface area contributed by atoms with Crippen LogP contribution in [0.4, 0.5) is 5.69 Å². The van der Waals surface area contributed by atoms with Gasteiger partial charge in [0.1, 0.15) is 5.75 Å². The maximum Gasteiger partial charge on any atom is 0.259 e. The van der Waals surface area contributed by atoms with Crippen LogP contribution in [0.3, 0.4) is 0 Å². The lowest BCUT2D eigenvalue weighted by atomic mass is 10.2. The fourth-order valence-electron chi connectivity index (χ4n) is 1.64. The highest BCUT2D eigenvalue weighted by molar-refractivity contribution is 6.06. The molecule has 5 nitrogen and oxygen atoms in total. The first-order chi connectivity index (χ1) is 8.63. The number of benzene rings is 1. The number of carbonyl (C=O) groups excluding carboxylic acids is 1. The van der Waals surface area contributed by atoms with E-state index in [0.717, 1.165) is 5.69 Å². The van der Waals surface area contributed by atoms with Gasteiger partial charge in [-0.25, -0.2) is 0 Å². The van der Waals surface area contributed by atoms with E-state index in [0.29, 0.717) is 17.0 Å². The van der Waals surface area contributed by atoms with Crippen molar-refractivity contribution in [3.63, 3.8) is 0 Å². The lowest BCUT2D eigenvalue weighted by Gasteiger charge is -2.08. The summed E-state index contributed by atoms with van der Waals surface area (Å²) in [5, 5.41) is 6.90. The third kappa shape index (κ3) is 2.20. The zero-order valence-electron chi connectivity index (χ0n) is 10.6. The lowest BCUT2D eigenvalue weighted by Crippen LogP contribution is -2.13. The highest BCUT2D eigenvalue weighted by Crippen LogP contribution is 2.20. The van der Waals surface area contributed by atoms with Gasteiger partial charge in [-0.15, -0.1) is 0 Å². The number of aromatic nitrogens is 2. The van der Waals surface area contributed by atoms with Gasteiger partial charge in [0, 0.05) is 7.05 Å². The smallest absolute Gasteiger partial charge is 0.259 e. The normalized spacial score (nSPS) is 10.2. The molecule has 0 saturated heterocycles. The highest BCUT2D eigenvalue weighted by Gasteiger charge is 2.13. The Morgan fingerprint density at radius 3 is 2.72 bits per heavy atom. The number of rotatable bonds is 3. The second-order valence-corrected chi connectivity index (χ2v) is 3.92. The fraction of sp³-hybridized carbons (Fsp3) is 0.231. The predicted octanol–water partition coefficient (Wildman–Crippen LogP) is 1.99. The first kappa shape index (κ1) is 12.2. The number of hydrogen-bond acceptors (Lipinski definition) is 3. The second-order valence-electron chi connectivity index (χ2n) is 3.92. The Balaban J connectivity index is 2.25. The van der Waals surface area contributed by atoms with Gasteiger partial charge >= 0.3 is 0 Å². The van der Waals surface area contributed by atoms with Crippen LogP contribution in [0.15, 0.2) is 30.5 Å². The van der Waals surface area contributed by atoms with Crippen LogP contribution in [0.25, 0.3) is 0 Å². The fourth-order valence-corrected chi connectivity index (χ4v) is 1.64. The van der Waals surface area contributed by atoms with Crippen LogP contribution in [0, 0.1) is 6.92 Å². The van der Waals surface area contributed by atoms with E-state index in [4.69, 9.17) is 4.74 Å². The summed E-state index contributed by atoms with van der Waals surface area (Å²) in [4.78, 5) is 12.1. The standard InChI is InChI=1S/C13H15N3O2/c1-9-11(8-14-16(9)2)15-13(17)10-6-4-5-7-12(10)18-3/h4-8H,1-3H3,(H,15,17). The minimum Gasteiger partial charge on any atom is -0.496 e. The third-order valence-corrected chi connectivity index (χ3v) is 2.84. The van der Waals surface area contributed by atoms with Crippen molar-refractivity contribution in [1.29, 1.82) is 0 Å². The summed E-state index contributed by atoms with van der Waals surface area (Å²) in [6, 6.07) is 7.10. The van der Waals surface area contributed by atoms with Gasteiger partial charge in [0.15, 0.2) is 0 Å². The summed E-state index contributed by atoms with van der Waals surface area (Å²) < 4.78 is 6.86. The summed E-state index contributed by atoms with van der Waals surface area (Å²) in [6.07, 6.45) is 1.63. The topological polar surface area (TPSA) is 56.1 Å². The molecular formula is C13H15N3O2. The van der Waals surface area contributed by atoms with Crippen molar-refractivity contribution < 1.29 is 9.53 Å². The number of amides is 1. The summed E-state index contributed by atoms with van der Waals surface area (Å²) in [5.41, 5.74) is 2.11. The zero-order chi connectivity index (χ0) is 13.1. The van der Waals surface area contributed by atoms with Gasteiger partial charge in [-0.2, -0.15) is 5.10 Å². The molecule has 5 heteroatoms. The number of ether oxygens (including phenoxy) is 1. The van der Waals surface area contributed by atoms with E-state index < -0.39 is 0 Å². The van der Waals surface area contributed by atoms with Gasteiger partial charge in [0.2, 0.25) is 0 Å². The first-order valence-corrected chi connectivity index (χ1v) is 5.56. The third-order valence-electron chi connectivity index (χ3n) is 2.84. The van der Waals surface area contributed by atoms with Gasteiger partial charge in [-0.05, 0) is 19.1 Å². The van der Waals surface area contributed by atoms with Crippen LogP contribution in [0.2, 0.25) is 0 Å². The van der Waals surface area contributed by atoms with E-state index in [1.54, 1.807) is 36.2 Å². The molecule has 0 radical (unpaired) electrons. The van der Waals surface area contributed by atoms with E-state index in [1.165, 1.54) is 0 Å². The molecule has 0 bridgehead atoms. The van der Waals surface area contributed by atoms with Gasteiger partial charge in [-0.3, -0.25) is 9.48 Å². The molecule has 0 unspecified atom stereocenters. The average Bonchev–Trinajstić information content (AvgIpc) is 2.70. The van der Waals surface area contributed by atoms with Crippen molar-refractivity contribution in [2.24, 2.45) is 7.05 Å². The van der Waals surface area contributed by atoms with Crippen LogP contribution < -0.4 is 10.1 Å². The number of carbonyl (C=O) groups is 1. The molecule has 0 aliphatic rings. The molecule has 1 amide bonds. The summed E-state index contributed by atoms with van der Waals surface area (Å²) >= 11 is 0. The van der Waals surface area contributed by atoms with Gasteiger partial charge < -0.3 is 10.1 Å². The molecule has 1 heterocycles. The Morgan fingerprint density at radius 1 is 1.39 bits per heavy atom. The number of nitrogens with zero attached hydrogens (tertiary/aromatic N) is 2. The molecule has 0 fully saturated rings. The average molecular weight is 245 g/mol. The van der Waals surface area contributed by atoms with E-state index in [2.05, 4.69) is 10.4 Å². The molecule has 0 saturated carbocycles. The molecule has 2 aromatic rings. The molecule has 1 aromatic carbocycles. The van der Waals surface area contributed by atoms with E-state index in [-0.39, 0.29) is 5.91 Å². The van der Waals surface area contributed by atoms with Crippen LogP contribution >= 0.6 is 0 Å². The number of para-hydroxylation sites is 1. The molecule has 94 valence electrons. The molecule has 0 atom stereocenters. The van der Waals surface area contributed by atoms with Crippen LogP contribution in [-0.4, -0.2) is 22.8 Å². The number of methoxy groups -OCH3 is 1. The Hall–Kier alpha value is -2.30. The van der Waals surface area contributed by atoms with Gasteiger partial charge in [0.05, 0.1) is 30.3 Å². The lowest BCUT2D eigenvalue weighted by molar-refractivity contribution is 0.102. The maximum atomic E-state index is 12.1. The Morgan fingerprint density at radius 2 is 2.11 bits per heavy atom. The van der Waals surface area contributed by atoms with Crippen molar-refractivity contribution in [2.45, 2.75) is 6.92 Å². The zero-order valence-corrected chi connectivity index (χ0v) is 10.6. The molecule has 0 spiro atoms. The SMILES string of the molecule is COc1ccccc1C(=O)Nc1cnn(C)c1C. The first-order valence-electron chi connectivity index (χ1n) is 5.56. The monoisotopic (exact) mass is 245 g/mol. The minimum absolute atomic E-state index is 0.205. The minimum atomic E-state index is -0.205. The van der Waals surface area contributed by atoms with Gasteiger partial charge in [-0.1, -0.05) is 12.1 Å². The second kappa shape index (κ2) is 4.91. The number of anilines is 1. The largest absolute Gasteiger partial charge is 0.496 e. The summed E-state index contributed by atoms with van der Waals surface area (Å²) in [6.45, 7) is 1.89. The Kier molecular flexibility index (Phi) is 3.32. The van der Waals surface area contributed by atoms with Crippen molar-refractivity contribution in [3.05, 3.63) is 41.7 Å². The summed E-state index contributed by atoms with van der Waals surface area (Å²) in [7, 11) is 3.37. The van der Waals surface area contributed by atoms with E-state index in [9.17, 15) is 4.79 Å².